The van der Waals surface area contributed by atoms with Crippen LogP contribution in [0, 0.1) is 0 Å². The standard InChI is InChI=1S/C16H16ClN3O.C11H22O2/c1-2-3-4-11-5-8-16(21)15(9-11)20-18-13-7-6-12(17)10-14(13)19-20;1-3-5-6-7-8-9-10-13-11(12)4-2/h5-10,21H,2-4H2,1H3;3-10H2,1-2H3. The van der Waals surface area contributed by atoms with Crippen LogP contribution in [0.25, 0.3) is 16.7 Å². The van der Waals surface area contributed by atoms with E-state index in [1.807, 2.05) is 25.1 Å². The van der Waals surface area contributed by atoms with E-state index in [-0.39, 0.29) is 11.7 Å². The molecule has 0 saturated heterocycles. The highest BCUT2D eigenvalue weighted by molar-refractivity contribution is 6.31. The lowest BCUT2D eigenvalue weighted by Crippen LogP contribution is -2.03. The quantitative estimate of drug-likeness (QED) is 0.212. The third kappa shape index (κ3) is 9.34. The Morgan fingerprint density at radius 2 is 1.62 bits per heavy atom. The fourth-order valence-corrected chi connectivity index (χ4v) is 3.60. The summed E-state index contributed by atoms with van der Waals surface area (Å²) in [6.07, 6.45) is 11.2. The van der Waals surface area contributed by atoms with Crippen LogP contribution in [0.2, 0.25) is 5.02 Å². The number of rotatable bonds is 12. The minimum absolute atomic E-state index is 0.0754. The molecule has 1 aromatic heterocycles. The van der Waals surface area contributed by atoms with Gasteiger partial charge in [-0.05, 0) is 55.2 Å². The zero-order valence-electron chi connectivity index (χ0n) is 20.7. The average molecular weight is 488 g/mol. The first-order valence-corrected chi connectivity index (χ1v) is 12.9. The molecule has 0 unspecified atom stereocenters. The van der Waals surface area contributed by atoms with E-state index in [1.54, 1.807) is 18.2 Å². The van der Waals surface area contributed by atoms with Gasteiger partial charge in [-0.25, -0.2) is 0 Å². The van der Waals surface area contributed by atoms with E-state index in [9.17, 15) is 9.90 Å². The van der Waals surface area contributed by atoms with Crippen molar-refractivity contribution in [2.24, 2.45) is 0 Å². The first-order chi connectivity index (χ1) is 16.5. The lowest BCUT2D eigenvalue weighted by atomic mass is 10.1. The molecule has 1 N–H and O–H groups in total. The molecule has 0 radical (unpaired) electrons. The Morgan fingerprint density at radius 1 is 0.912 bits per heavy atom. The van der Waals surface area contributed by atoms with Gasteiger partial charge in [0.25, 0.3) is 0 Å². The summed E-state index contributed by atoms with van der Waals surface area (Å²) in [5.74, 6) is 0.0928. The van der Waals surface area contributed by atoms with Crippen molar-refractivity contribution in [1.82, 2.24) is 15.0 Å². The molecular formula is C27H38ClN3O3. The molecule has 3 rings (SSSR count). The second-order valence-electron chi connectivity index (χ2n) is 8.39. The molecule has 6 nitrogen and oxygen atoms in total. The number of carbonyl (C=O) groups excluding carboxylic acids is 1. The molecule has 0 amide bonds. The number of benzene rings is 2. The van der Waals surface area contributed by atoms with E-state index < -0.39 is 0 Å². The van der Waals surface area contributed by atoms with Gasteiger partial charge in [0, 0.05) is 11.4 Å². The monoisotopic (exact) mass is 487 g/mol. The van der Waals surface area contributed by atoms with Gasteiger partial charge in [0.05, 0.1) is 6.61 Å². The summed E-state index contributed by atoms with van der Waals surface area (Å²) in [6.45, 7) is 6.80. The lowest BCUT2D eigenvalue weighted by Gasteiger charge is -2.06. The van der Waals surface area contributed by atoms with Crippen molar-refractivity contribution in [3.8, 4) is 11.4 Å². The predicted molar refractivity (Wildman–Crippen MR) is 139 cm³/mol. The number of phenolic OH excluding ortho intramolecular Hbond substituents is 1. The van der Waals surface area contributed by atoms with E-state index in [4.69, 9.17) is 16.3 Å². The van der Waals surface area contributed by atoms with Gasteiger partial charge in [-0.3, -0.25) is 4.79 Å². The minimum atomic E-state index is -0.0754. The molecule has 186 valence electrons. The van der Waals surface area contributed by atoms with Gasteiger partial charge >= 0.3 is 5.97 Å². The van der Waals surface area contributed by atoms with Crippen molar-refractivity contribution in [2.75, 3.05) is 6.61 Å². The van der Waals surface area contributed by atoms with Crippen LogP contribution in [0.1, 0.15) is 84.1 Å². The zero-order chi connectivity index (χ0) is 24.8. The lowest BCUT2D eigenvalue weighted by molar-refractivity contribution is -0.143. The maximum absolute atomic E-state index is 10.7. The SMILES string of the molecule is CCCCCCCCOC(=O)CC.CCCCc1ccc(O)c(-n2nc3ccc(Cl)cc3n2)c1. The van der Waals surface area contributed by atoms with Crippen molar-refractivity contribution >= 4 is 28.6 Å². The summed E-state index contributed by atoms with van der Waals surface area (Å²) in [4.78, 5) is 12.2. The zero-order valence-corrected chi connectivity index (χ0v) is 21.5. The summed E-state index contributed by atoms with van der Waals surface area (Å²) in [7, 11) is 0. The van der Waals surface area contributed by atoms with Gasteiger partial charge in [-0.1, -0.05) is 77.0 Å². The van der Waals surface area contributed by atoms with Crippen LogP contribution in [-0.2, 0) is 16.0 Å². The summed E-state index contributed by atoms with van der Waals surface area (Å²) < 4.78 is 4.96. The maximum Gasteiger partial charge on any atom is 0.305 e. The Hall–Kier alpha value is -2.60. The fourth-order valence-electron chi connectivity index (χ4n) is 3.43. The molecule has 34 heavy (non-hydrogen) atoms. The van der Waals surface area contributed by atoms with Crippen LogP contribution < -0.4 is 0 Å². The van der Waals surface area contributed by atoms with Gasteiger partial charge in [0.15, 0.2) is 0 Å². The second-order valence-corrected chi connectivity index (χ2v) is 8.83. The summed E-state index contributed by atoms with van der Waals surface area (Å²) >= 11 is 5.96. The highest BCUT2D eigenvalue weighted by Gasteiger charge is 2.10. The molecule has 0 aliphatic carbocycles. The minimum Gasteiger partial charge on any atom is -0.506 e. The smallest absolute Gasteiger partial charge is 0.305 e. The molecule has 3 aromatic rings. The molecule has 0 fully saturated rings. The number of hydrogen-bond donors (Lipinski definition) is 1. The van der Waals surface area contributed by atoms with Gasteiger partial charge in [-0.2, -0.15) is 0 Å². The molecule has 0 saturated carbocycles. The first kappa shape index (κ1) is 27.6. The molecule has 1 heterocycles. The number of nitrogens with zero attached hydrogens (tertiary/aromatic N) is 3. The molecule has 0 bridgehead atoms. The van der Waals surface area contributed by atoms with Crippen LogP contribution in [0.15, 0.2) is 36.4 Å². The molecule has 0 aliphatic heterocycles. The summed E-state index contributed by atoms with van der Waals surface area (Å²) in [5, 5.41) is 19.5. The number of phenols is 1. The van der Waals surface area contributed by atoms with E-state index in [1.165, 1.54) is 42.5 Å². The number of aryl methyl sites for hydroxylation is 1. The van der Waals surface area contributed by atoms with E-state index in [0.717, 1.165) is 31.2 Å². The predicted octanol–water partition coefficient (Wildman–Crippen LogP) is 7.42. The van der Waals surface area contributed by atoms with Crippen molar-refractivity contribution < 1.29 is 14.6 Å². The van der Waals surface area contributed by atoms with Crippen LogP contribution in [0.5, 0.6) is 5.75 Å². The number of hydrogen-bond acceptors (Lipinski definition) is 5. The number of ether oxygens (including phenoxy) is 1. The highest BCUT2D eigenvalue weighted by atomic mass is 35.5. The van der Waals surface area contributed by atoms with Gasteiger partial charge < -0.3 is 9.84 Å². The number of halogens is 1. The number of unbranched alkanes of at least 4 members (excludes halogenated alkanes) is 6. The summed E-state index contributed by atoms with van der Waals surface area (Å²) in [6, 6.07) is 10.9. The van der Waals surface area contributed by atoms with Crippen LogP contribution >= 0.6 is 11.6 Å². The molecule has 7 heteroatoms. The van der Waals surface area contributed by atoms with Gasteiger partial charge in [0.2, 0.25) is 0 Å². The number of esters is 1. The fraction of sp³-hybridized carbons (Fsp3) is 0.519. The van der Waals surface area contributed by atoms with Gasteiger partial charge in [-0.15, -0.1) is 15.0 Å². The molecule has 0 atom stereocenters. The van der Waals surface area contributed by atoms with Crippen molar-refractivity contribution in [2.45, 2.75) is 85.0 Å². The van der Waals surface area contributed by atoms with Crippen molar-refractivity contribution in [3.05, 3.63) is 47.0 Å². The van der Waals surface area contributed by atoms with Gasteiger partial charge in [0.1, 0.15) is 22.5 Å². The first-order valence-electron chi connectivity index (χ1n) is 12.5. The topological polar surface area (TPSA) is 77.2 Å². The molecule has 0 aliphatic rings. The molecule has 0 spiro atoms. The van der Waals surface area contributed by atoms with E-state index in [0.29, 0.717) is 29.3 Å². The second kappa shape index (κ2) is 15.3. The molecular weight excluding hydrogens is 450 g/mol. The summed E-state index contributed by atoms with van der Waals surface area (Å²) in [5.41, 5.74) is 3.22. The van der Waals surface area contributed by atoms with Crippen molar-refractivity contribution in [1.29, 1.82) is 0 Å². The number of aromatic hydroxyl groups is 1. The third-order valence-corrected chi connectivity index (χ3v) is 5.70. The van der Waals surface area contributed by atoms with Crippen LogP contribution in [-0.4, -0.2) is 32.7 Å². The Labute approximate surface area is 208 Å². The Morgan fingerprint density at radius 3 is 2.35 bits per heavy atom. The Bertz CT molecular complexity index is 1020. The third-order valence-electron chi connectivity index (χ3n) is 5.47. The van der Waals surface area contributed by atoms with E-state index >= 15 is 0 Å². The number of carbonyl (C=O) groups is 1. The largest absolute Gasteiger partial charge is 0.506 e. The molecule has 2 aromatic carbocycles. The maximum atomic E-state index is 10.7. The number of fused-ring (bicyclic) bond motifs is 1. The van der Waals surface area contributed by atoms with Crippen LogP contribution in [0.3, 0.4) is 0 Å². The van der Waals surface area contributed by atoms with E-state index in [2.05, 4.69) is 24.0 Å². The van der Waals surface area contributed by atoms with Crippen molar-refractivity contribution in [3.63, 3.8) is 0 Å². The normalized spacial score (nSPS) is 10.7. The Balaban J connectivity index is 0.000000273. The average Bonchev–Trinajstić information content (AvgIpc) is 3.26. The van der Waals surface area contributed by atoms with Crippen LogP contribution in [0.4, 0.5) is 0 Å². The Kier molecular flexibility index (Phi) is 12.5. The highest BCUT2D eigenvalue weighted by Crippen LogP contribution is 2.24. The number of aromatic nitrogens is 3.